The topological polar surface area (TPSA) is 43.4 Å². The van der Waals surface area contributed by atoms with Crippen LogP contribution in [0.3, 0.4) is 0 Å². The van der Waals surface area contributed by atoms with E-state index >= 15 is 0 Å². The van der Waals surface area contributed by atoms with Crippen molar-refractivity contribution in [3.05, 3.63) is 11.6 Å². The molecule has 4 aliphatic carbocycles. The standard InChI is InChI=1S/C22H30O3S/c1-20-7-3-14(23)11-13(20)12-17(26)19-15(20)4-8-21(2)16(19)5-9-22(21)10-6-18(24)25-22/h11,15-17,19,26H,3-10,12H2,1-2H3/t15?,16-,17+,19+,20-,21-,22+/m0/s1. The van der Waals surface area contributed by atoms with Crippen LogP contribution in [-0.2, 0) is 14.3 Å². The average molecular weight is 375 g/mol. The second-order valence-electron chi connectivity index (χ2n) is 10.1. The van der Waals surface area contributed by atoms with Crippen molar-refractivity contribution in [2.24, 2.45) is 28.6 Å². The fraction of sp³-hybridized carbons (Fsp3) is 0.818. The SMILES string of the molecule is C[C@]12CCC(=O)C=C1C[C@@H](S)[C@@H]1C2CC[C@@]2(C)[C@H]1CC[C@@]21CCC(=O)O1. The Morgan fingerprint density at radius 3 is 2.54 bits per heavy atom. The van der Waals surface area contributed by atoms with E-state index in [1.54, 1.807) is 0 Å². The van der Waals surface area contributed by atoms with Crippen molar-refractivity contribution in [3.63, 3.8) is 0 Å². The minimum absolute atomic E-state index is 0.00282. The summed E-state index contributed by atoms with van der Waals surface area (Å²) in [5, 5.41) is 0.321. The van der Waals surface area contributed by atoms with Gasteiger partial charge in [0.2, 0.25) is 0 Å². The lowest BCUT2D eigenvalue weighted by molar-refractivity contribution is -0.167. The van der Waals surface area contributed by atoms with Crippen LogP contribution in [-0.4, -0.2) is 22.6 Å². The maximum absolute atomic E-state index is 12.0. The Hall–Kier alpha value is -0.770. The predicted octanol–water partition coefficient (Wildman–Crippen LogP) is 4.50. The summed E-state index contributed by atoms with van der Waals surface area (Å²) in [5.74, 6) is 2.08. The van der Waals surface area contributed by atoms with Gasteiger partial charge in [-0.3, -0.25) is 9.59 Å². The third-order valence-corrected chi connectivity index (χ3v) is 9.84. The zero-order valence-electron chi connectivity index (χ0n) is 15.9. The minimum atomic E-state index is -0.216. The molecule has 5 rings (SSSR count). The second kappa shape index (κ2) is 5.40. The lowest BCUT2D eigenvalue weighted by Gasteiger charge is -2.60. The summed E-state index contributed by atoms with van der Waals surface area (Å²) in [7, 11) is 0. The van der Waals surface area contributed by atoms with Gasteiger partial charge in [-0.1, -0.05) is 19.4 Å². The first-order valence-corrected chi connectivity index (χ1v) is 10.9. The summed E-state index contributed by atoms with van der Waals surface area (Å²) in [4.78, 5) is 24.0. The van der Waals surface area contributed by atoms with E-state index < -0.39 is 0 Å². The largest absolute Gasteiger partial charge is 0.458 e. The zero-order chi connectivity index (χ0) is 18.3. The van der Waals surface area contributed by atoms with Crippen molar-refractivity contribution in [3.8, 4) is 0 Å². The lowest BCUT2D eigenvalue weighted by Crippen LogP contribution is -2.57. The first-order chi connectivity index (χ1) is 12.3. The van der Waals surface area contributed by atoms with E-state index in [2.05, 4.69) is 13.8 Å². The molecule has 3 nitrogen and oxygen atoms in total. The van der Waals surface area contributed by atoms with Crippen molar-refractivity contribution in [1.82, 2.24) is 0 Å². The molecule has 26 heavy (non-hydrogen) atoms. The van der Waals surface area contributed by atoms with Crippen molar-refractivity contribution < 1.29 is 14.3 Å². The summed E-state index contributed by atoms with van der Waals surface area (Å²) in [6, 6.07) is 0. The third kappa shape index (κ3) is 2.03. The Kier molecular flexibility index (Phi) is 3.60. The molecule has 0 aromatic heterocycles. The quantitative estimate of drug-likeness (QED) is 0.501. The van der Waals surface area contributed by atoms with E-state index in [4.69, 9.17) is 17.4 Å². The van der Waals surface area contributed by atoms with Crippen LogP contribution >= 0.6 is 12.6 Å². The summed E-state index contributed by atoms with van der Waals surface area (Å²) in [5.41, 5.74) is 1.41. The third-order valence-electron chi connectivity index (χ3n) is 9.32. The van der Waals surface area contributed by atoms with E-state index in [9.17, 15) is 9.59 Å². The molecular formula is C22H30O3S. The highest BCUT2D eigenvalue weighted by Crippen LogP contribution is 2.70. The van der Waals surface area contributed by atoms with E-state index in [0.717, 1.165) is 38.5 Å². The number of ketones is 1. The summed E-state index contributed by atoms with van der Waals surface area (Å²) >= 11 is 5.07. The van der Waals surface area contributed by atoms with E-state index in [1.165, 1.54) is 12.0 Å². The molecule has 0 aromatic carbocycles. The van der Waals surface area contributed by atoms with Gasteiger partial charge in [0.25, 0.3) is 0 Å². The van der Waals surface area contributed by atoms with Gasteiger partial charge in [0.15, 0.2) is 5.78 Å². The highest BCUT2D eigenvalue weighted by Gasteiger charge is 2.68. The number of allylic oxidation sites excluding steroid dienone is 1. The molecule has 3 saturated carbocycles. The van der Waals surface area contributed by atoms with Gasteiger partial charge in [0, 0.05) is 23.5 Å². The number of carbonyl (C=O) groups excluding carboxylic acids is 2. The molecule has 0 N–H and O–H groups in total. The van der Waals surface area contributed by atoms with Crippen molar-refractivity contribution in [1.29, 1.82) is 0 Å². The van der Waals surface area contributed by atoms with Crippen molar-refractivity contribution >= 4 is 24.4 Å². The predicted molar refractivity (Wildman–Crippen MR) is 103 cm³/mol. The zero-order valence-corrected chi connectivity index (χ0v) is 16.8. The number of hydrogen-bond donors (Lipinski definition) is 1. The van der Waals surface area contributed by atoms with E-state index in [0.29, 0.717) is 41.6 Å². The fourth-order valence-corrected chi connectivity index (χ4v) is 8.44. The molecule has 0 aromatic rings. The maximum atomic E-state index is 12.0. The van der Waals surface area contributed by atoms with E-state index in [1.807, 2.05) is 6.08 Å². The average Bonchev–Trinajstić information content (AvgIpc) is 3.11. The molecule has 4 fully saturated rings. The number of esters is 1. The molecular weight excluding hydrogens is 344 g/mol. The number of ether oxygens (including phenoxy) is 1. The Bertz CT molecular complexity index is 714. The van der Waals surface area contributed by atoms with Crippen LogP contribution in [0.25, 0.3) is 0 Å². The normalized spacial score (nSPS) is 53.0. The van der Waals surface area contributed by atoms with Gasteiger partial charge in [0.1, 0.15) is 5.60 Å². The first-order valence-electron chi connectivity index (χ1n) is 10.4. The van der Waals surface area contributed by atoms with Crippen molar-refractivity contribution in [2.75, 3.05) is 0 Å². The van der Waals surface area contributed by atoms with Crippen LogP contribution in [0, 0.1) is 28.6 Å². The molecule has 4 heteroatoms. The van der Waals surface area contributed by atoms with Crippen LogP contribution in [0.1, 0.15) is 71.6 Å². The molecule has 7 atom stereocenters. The molecule has 1 spiro atoms. The molecule has 0 bridgehead atoms. The molecule has 1 unspecified atom stereocenters. The lowest BCUT2D eigenvalue weighted by atomic mass is 9.46. The number of rotatable bonds is 0. The molecule has 1 heterocycles. The monoisotopic (exact) mass is 374 g/mol. The highest BCUT2D eigenvalue weighted by atomic mass is 32.1. The van der Waals surface area contributed by atoms with Crippen LogP contribution in [0.4, 0.5) is 0 Å². The van der Waals surface area contributed by atoms with Gasteiger partial charge < -0.3 is 4.74 Å². The highest BCUT2D eigenvalue weighted by molar-refractivity contribution is 7.81. The van der Waals surface area contributed by atoms with E-state index in [-0.39, 0.29) is 22.4 Å². The van der Waals surface area contributed by atoms with Gasteiger partial charge in [-0.2, -0.15) is 12.6 Å². The summed E-state index contributed by atoms with van der Waals surface area (Å²) < 4.78 is 6.02. The molecule has 5 aliphatic rings. The number of hydrogen-bond acceptors (Lipinski definition) is 4. The Labute approximate surface area is 161 Å². The Morgan fingerprint density at radius 1 is 1.04 bits per heavy atom. The Morgan fingerprint density at radius 2 is 1.81 bits per heavy atom. The summed E-state index contributed by atoms with van der Waals surface area (Å²) in [6.07, 6.45) is 10.6. The summed E-state index contributed by atoms with van der Waals surface area (Å²) in [6.45, 7) is 4.81. The van der Waals surface area contributed by atoms with Gasteiger partial charge in [-0.05, 0) is 74.2 Å². The van der Waals surface area contributed by atoms with Crippen LogP contribution in [0.2, 0.25) is 0 Å². The second-order valence-corrected chi connectivity index (χ2v) is 10.7. The van der Waals surface area contributed by atoms with Gasteiger partial charge in [-0.25, -0.2) is 0 Å². The molecule has 0 radical (unpaired) electrons. The van der Waals surface area contributed by atoms with Crippen LogP contribution < -0.4 is 0 Å². The minimum Gasteiger partial charge on any atom is -0.458 e. The van der Waals surface area contributed by atoms with Crippen molar-refractivity contribution in [2.45, 2.75) is 82.5 Å². The number of thiol groups is 1. The van der Waals surface area contributed by atoms with Gasteiger partial charge >= 0.3 is 5.97 Å². The number of fused-ring (bicyclic) bond motifs is 6. The number of carbonyl (C=O) groups is 2. The van der Waals surface area contributed by atoms with Gasteiger partial charge in [0.05, 0.1) is 0 Å². The van der Waals surface area contributed by atoms with Crippen LogP contribution in [0.5, 0.6) is 0 Å². The molecule has 1 aliphatic heterocycles. The molecule has 142 valence electrons. The Balaban J connectivity index is 1.53. The first kappa shape index (κ1) is 17.3. The smallest absolute Gasteiger partial charge is 0.306 e. The maximum Gasteiger partial charge on any atom is 0.306 e. The van der Waals surface area contributed by atoms with Gasteiger partial charge in [-0.15, -0.1) is 0 Å². The fourth-order valence-electron chi connectivity index (χ4n) is 7.82. The molecule has 1 saturated heterocycles. The molecule has 0 amide bonds. The van der Waals surface area contributed by atoms with Crippen LogP contribution in [0.15, 0.2) is 11.6 Å².